The Bertz CT molecular complexity index is 379. The number of rotatable bonds is 2. The molecule has 0 aromatic carbocycles. The summed E-state index contributed by atoms with van der Waals surface area (Å²) in [6.07, 6.45) is 3.21. The second-order valence-corrected chi connectivity index (χ2v) is 6.71. The highest BCUT2D eigenvalue weighted by Crippen LogP contribution is 2.60. The van der Waals surface area contributed by atoms with Gasteiger partial charge >= 0.3 is 0 Å². The van der Waals surface area contributed by atoms with Gasteiger partial charge in [-0.2, -0.15) is 0 Å². The summed E-state index contributed by atoms with van der Waals surface area (Å²) >= 11 is 0. The minimum Gasteiger partial charge on any atom is -0.390 e. The van der Waals surface area contributed by atoms with Crippen LogP contribution < -0.4 is 5.32 Å². The van der Waals surface area contributed by atoms with Crippen molar-refractivity contribution in [3.63, 3.8) is 0 Å². The third kappa shape index (κ3) is 1.69. The molecule has 0 saturated heterocycles. The van der Waals surface area contributed by atoms with Crippen LogP contribution in [0.5, 0.6) is 0 Å². The largest absolute Gasteiger partial charge is 0.390 e. The fraction of sp³-hybridized carbons (Fsp3) is 0.769. The van der Waals surface area contributed by atoms with E-state index in [1.807, 2.05) is 0 Å². The Morgan fingerprint density at radius 3 is 1.67 bits per heavy atom. The van der Waals surface area contributed by atoms with Gasteiger partial charge in [0.15, 0.2) is 0 Å². The lowest BCUT2D eigenvalue weighted by molar-refractivity contribution is -0.262. The monoisotopic (exact) mass is 253 g/mol. The zero-order valence-electron chi connectivity index (χ0n) is 10.3. The van der Waals surface area contributed by atoms with Crippen LogP contribution in [-0.2, 0) is 4.79 Å². The van der Waals surface area contributed by atoms with Gasteiger partial charge in [0.2, 0.25) is 5.91 Å². The summed E-state index contributed by atoms with van der Waals surface area (Å²) in [6, 6.07) is 0. The fourth-order valence-corrected chi connectivity index (χ4v) is 4.92. The summed E-state index contributed by atoms with van der Waals surface area (Å²) in [6.45, 7) is 3.41. The Morgan fingerprint density at radius 2 is 1.33 bits per heavy atom. The smallest absolute Gasteiger partial charge is 0.243 e. The van der Waals surface area contributed by atoms with E-state index >= 15 is 0 Å². The topological polar surface area (TPSA) is 89.8 Å². The molecular weight excluding hydrogens is 234 g/mol. The maximum absolute atomic E-state index is 11.5. The minimum absolute atomic E-state index is 0.286. The predicted octanol–water partition coefficient (Wildman–Crippen LogP) is -0.398. The second-order valence-electron chi connectivity index (χ2n) is 6.71. The van der Waals surface area contributed by atoms with Crippen molar-refractivity contribution in [3.05, 3.63) is 12.7 Å². The van der Waals surface area contributed by atoms with Crippen LogP contribution in [-0.4, -0.2) is 43.6 Å². The molecule has 100 valence electrons. The Labute approximate surface area is 106 Å². The van der Waals surface area contributed by atoms with Gasteiger partial charge in [-0.1, -0.05) is 6.58 Å². The van der Waals surface area contributed by atoms with Crippen LogP contribution in [0.3, 0.4) is 0 Å². The van der Waals surface area contributed by atoms with Crippen LogP contribution in [0.1, 0.15) is 38.5 Å². The number of carbonyl (C=O) groups excluding carboxylic acids is 1. The van der Waals surface area contributed by atoms with Crippen molar-refractivity contribution in [3.8, 4) is 0 Å². The minimum atomic E-state index is -1.08. The van der Waals surface area contributed by atoms with Crippen LogP contribution in [0.15, 0.2) is 12.7 Å². The highest BCUT2D eigenvalue weighted by atomic mass is 16.3. The molecule has 0 aromatic rings. The second kappa shape index (κ2) is 3.15. The summed E-state index contributed by atoms with van der Waals surface area (Å²) in [5.74, 6) is -0.326. The lowest BCUT2D eigenvalue weighted by atomic mass is 9.47. The molecule has 0 radical (unpaired) electrons. The SMILES string of the molecule is C=CC(=O)NC12CC3(O)CC(O)(CC(O)(C3)C1)C2. The average molecular weight is 253 g/mol. The van der Waals surface area contributed by atoms with E-state index in [2.05, 4.69) is 11.9 Å². The molecule has 5 heteroatoms. The molecule has 0 atom stereocenters. The molecule has 4 fully saturated rings. The summed E-state index contributed by atoms with van der Waals surface area (Å²) in [5, 5.41) is 34.3. The number of hydrogen-bond acceptors (Lipinski definition) is 4. The Balaban J connectivity index is 1.98. The van der Waals surface area contributed by atoms with Gasteiger partial charge in [-0.3, -0.25) is 4.79 Å². The lowest BCUT2D eigenvalue weighted by Gasteiger charge is -2.65. The lowest BCUT2D eigenvalue weighted by Crippen LogP contribution is -2.75. The van der Waals surface area contributed by atoms with Crippen LogP contribution >= 0.6 is 0 Å². The molecule has 4 N–H and O–H groups in total. The summed E-state index contributed by atoms with van der Waals surface area (Å²) in [7, 11) is 0. The van der Waals surface area contributed by atoms with Crippen LogP contribution in [0, 0.1) is 0 Å². The number of amides is 1. The van der Waals surface area contributed by atoms with Crippen molar-refractivity contribution in [1.82, 2.24) is 5.32 Å². The van der Waals surface area contributed by atoms with E-state index in [0.717, 1.165) is 0 Å². The summed E-state index contributed by atoms with van der Waals surface area (Å²) in [4.78, 5) is 11.5. The first kappa shape index (κ1) is 12.1. The van der Waals surface area contributed by atoms with E-state index in [0.29, 0.717) is 19.3 Å². The molecular formula is C13H19NO4. The molecule has 1 amide bonds. The molecule has 5 nitrogen and oxygen atoms in total. The van der Waals surface area contributed by atoms with Gasteiger partial charge < -0.3 is 20.6 Å². The molecule has 4 aliphatic carbocycles. The molecule has 0 aromatic heterocycles. The first-order chi connectivity index (χ1) is 8.20. The third-order valence-corrected chi connectivity index (χ3v) is 4.55. The van der Waals surface area contributed by atoms with E-state index in [1.165, 1.54) is 6.08 Å². The molecule has 0 unspecified atom stereocenters. The zero-order valence-corrected chi connectivity index (χ0v) is 10.3. The highest BCUT2D eigenvalue weighted by Gasteiger charge is 2.68. The molecule has 4 saturated carbocycles. The maximum Gasteiger partial charge on any atom is 0.243 e. The number of carbonyl (C=O) groups is 1. The molecule has 4 bridgehead atoms. The number of nitrogens with one attached hydrogen (secondary N) is 1. The first-order valence-corrected chi connectivity index (χ1v) is 6.31. The predicted molar refractivity (Wildman–Crippen MR) is 63.6 cm³/mol. The molecule has 0 heterocycles. The quantitative estimate of drug-likeness (QED) is 0.504. The molecule has 4 rings (SSSR count). The van der Waals surface area contributed by atoms with Crippen molar-refractivity contribution in [2.45, 2.75) is 60.9 Å². The van der Waals surface area contributed by atoms with Crippen LogP contribution in [0.25, 0.3) is 0 Å². The Morgan fingerprint density at radius 1 is 0.944 bits per heavy atom. The maximum atomic E-state index is 11.5. The normalized spacial score (nSPS) is 53.3. The van der Waals surface area contributed by atoms with Gasteiger partial charge in [-0.15, -0.1) is 0 Å². The molecule has 18 heavy (non-hydrogen) atoms. The van der Waals surface area contributed by atoms with Crippen molar-refractivity contribution in [2.24, 2.45) is 0 Å². The average Bonchev–Trinajstić information content (AvgIpc) is 2.08. The molecule has 0 spiro atoms. The Hall–Kier alpha value is -0.910. The molecule has 4 aliphatic rings. The van der Waals surface area contributed by atoms with Crippen molar-refractivity contribution < 1.29 is 20.1 Å². The van der Waals surface area contributed by atoms with E-state index in [9.17, 15) is 20.1 Å². The van der Waals surface area contributed by atoms with E-state index in [-0.39, 0.29) is 25.2 Å². The number of aliphatic hydroxyl groups is 3. The van der Waals surface area contributed by atoms with Gasteiger partial charge in [-0.25, -0.2) is 0 Å². The summed E-state index contributed by atoms with van der Waals surface area (Å²) < 4.78 is 0. The van der Waals surface area contributed by atoms with Gasteiger partial charge in [0.25, 0.3) is 0 Å². The van der Waals surface area contributed by atoms with Crippen molar-refractivity contribution in [1.29, 1.82) is 0 Å². The van der Waals surface area contributed by atoms with E-state index in [1.54, 1.807) is 0 Å². The Kier molecular flexibility index (Phi) is 2.13. The first-order valence-electron chi connectivity index (χ1n) is 6.31. The van der Waals surface area contributed by atoms with Gasteiger partial charge in [0, 0.05) is 24.8 Å². The standard InChI is InChI=1S/C13H19NO4/c1-2-9(15)14-10-3-11(16)6-12(17,4-10)8-13(18,5-10)7-11/h2,16-18H,1,3-8H2,(H,14,15). The molecule has 0 aliphatic heterocycles. The number of hydrogen-bond donors (Lipinski definition) is 4. The van der Waals surface area contributed by atoms with E-state index < -0.39 is 22.3 Å². The van der Waals surface area contributed by atoms with Gasteiger partial charge in [-0.05, 0) is 25.3 Å². The van der Waals surface area contributed by atoms with Crippen LogP contribution in [0.4, 0.5) is 0 Å². The summed E-state index contributed by atoms with van der Waals surface area (Å²) in [5.41, 5.74) is -3.94. The van der Waals surface area contributed by atoms with Crippen LogP contribution in [0.2, 0.25) is 0 Å². The van der Waals surface area contributed by atoms with Crippen molar-refractivity contribution in [2.75, 3.05) is 0 Å². The van der Waals surface area contributed by atoms with E-state index in [4.69, 9.17) is 0 Å². The van der Waals surface area contributed by atoms with Crippen molar-refractivity contribution >= 4 is 5.91 Å². The van der Waals surface area contributed by atoms with Gasteiger partial charge in [0.1, 0.15) is 0 Å². The fourth-order valence-electron chi connectivity index (χ4n) is 4.92. The van der Waals surface area contributed by atoms with Gasteiger partial charge in [0.05, 0.1) is 16.8 Å². The highest BCUT2D eigenvalue weighted by molar-refractivity contribution is 5.87. The third-order valence-electron chi connectivity index (χ3n) is 4.55. The zero-order chi connectivity index (χ0) is 13.2.